The molecule has 268 valence electrons. The number of nitrogens with one attached hydrogen (secondary N) is 3. The predicted molar refractivity (Wildman–Crippen MR) is 195 cm³/mol. The van der Waals surface area contributed by atoms with Gasteiger partial charge in [0.2, 0.25) is 0 Å². The third-order valence-corrected chi connectivity index (χ3v) is 10.9. The fourth-order valence-electron chi connectivity index (χ4n) is 5.58. The Morgan fingerprint density at radius 1 is 0.980 bits per heavy atom. The summed E-state index contributed by atoms with van der Waals surface area (Å²) in [4.78, 5) is 32.8. The van der Waals surface area contributed by atoms with E-state index in [1.165, 1.54) is 19.3 Å². The number of hydrogen-bond acceptors (Lipinski definition) is 14. The molecule has 1 saturated carbocycles. The van der Waals surface area contributed by atoms with E-state index in [1.807, 2.05) is 48.2 Å². The van der Waals surface area contributed by atoms with Crippen LogP contribution in [0.5, 0.6) is 0 Å². The van der Waals surface area contributed by atoms with E-state index in [9.17, 15) is 18.4 Å². The van der Waals surface area contributed by atoms with Gasteiger partial charge in [0, 0.05) is 59.7 Å². The molecule has 2 aromatic heterocycles. The predicted octanol–water partition coefficient (Wildman–Crippen LogP) is 3.06. The van der Waals surface area contributed by atoms with Crippen molar-refractivity contribution in [2.24, 2.45) is 20.6 Å². The molecule has 3 N–H and O–H groups in total. The summed E-state index contributed by atoms with van der Waals surface area (Å²) >= 11 is 1.74. The number of hydrogen-bond donors (Lipinski definition) is 3. The van der Waals surface area contributed by atoms with Crippen LogP contribution in [0.25, 0.3) is 0 Å². The van der Waals surface area contributed by atoms with Crippen LogP contribution in [0.4, 0.5) is 20.4 Å². The van der Waals surface area contributed by atoms with Crippen LogP contribution in [-0.2, 0) is 33.3 Å². The van der Waals surface area contributed by atoms with Crippen LogP contribution in [0.3, 0.4) is 0 Å². The molecule has 3 fully saturated rings. The maximum absolute atomic E-state index is 12.6. The molecule has 13 nitrogen and oxygen atoms in total. The molecule has 6 rings (SSSR count). The lowest BCUT2D eigenvalue weighted by Crippen LogP contribution is -2.55. The van der Waals surface area contributed by atoms with Gasteiger partial charge >= 0.3 is 0 Å². The molecule has 2 unspecified atom stereocenters. The second-order valence-electron chi connectivity index (χ2n) is 11.8. The first-order chi connectivity index (χ1) is 23.9. The molecule has 3 aliphatic heterocycles. The molecule has 0 radical (unpaired) electrons. The lowest BCUT2D eigenvalue weighted by atomic mass is 9.86. The van der Waals surface area contributed by atoms with Gasteiger partial charge in [0.25, 0.3) is 0 Å². The molecular weight excluding hydrogens is 673 g/mol. The van der Waals surface area contributed by atoms with Crippen LogP contribution in [0.1, 0.15) is 37.1 Å². The second-order valence-corrected chi connectivity index (χ2v) is 14.4. The Kier molecular flexibility index (Phi) is 16.1. The van der Waals surface area contributed by atoms with Crippen molar-refractivity contribution in [2.75, 3.05) is 61.8 Å². The van der Waals surface area contributed by atoms with Crippen molar-refractivity contribution in [1.82, 2.24) is 30.6 Å². The highest BCUT2D eigenvalue weighted by molar-refractivity contribution is 8.13. The van der Waals surface area contributed by atoms with Gasteiger partial charge in [0.1, 0.15) is 41.6 Å². The largest absolute Gasteiger partial charge is 0.351 e. The summed E-state index contributed by atoms with van der Waals surface area (Å²) in [6, 6.07) is 11.5. The Balaban J connectivity index is 0.000000171. The Bertz CT molecular complexity index is 1360. The summed E-state index contributed by atoms with van der Waals surface area (Å²) in [7, 11) is 3.89. The van der Waals surface area contributed by atoms with Gasteiger partial charge in [-0.1, -0.05) is 30.3 Å². The monoisotopic (exact) mass is 719 g/mol. The van der Waals surface area contributed by atoms with E-state index in [2.05, 4.69) is 51.9 Å². The van der Waals surface area contributed by atoms with Gasteiger partial charge in [-0.05, 0) is 57.6 Å². The molecule has 49 heavy (non-hydrogen) atoms. The van der Waals surface area contributed by atoms with E-state index in [1.54, 1.807) is 23.9 Å². The molecule has 3 atom stereocenters. The molecule has 0 aromatic carbocycles. The fraction of sp³-hybridized carbons (Fsp3) is 0.562. The van der Waals surface area contributed by atoms with Gasteiger partial charge in [0.15, 0.2) is 0 Å². The van der Waals surface area contributed by atoms with Crippen molar-refractivity contribution < 1.29 is 18.4 Å². The van der Waals surface area contributed by atoms with Gasteiger partial charge in [0.05, 0.1) is 32.1 Å². The number of hydrazine groups is 1. The standard InChI is InChI=1S/C12H25N7S2.2C10H11FN2O/c1-13-8-20-12(16-15-3)10-5-4-6-11(7-10)19-17-18-21(19)9-14-2;2*11-8-6-13(7-8)10-3-1-2-9(12-10)4-5-14/h10-11,13-14,17H,3-9H2,1-2H3;2*1-3,5,8H,4,6-7H2/b16-12-;;/t10?,11-,21?;;/m0../s1. The minimum absolute atomic E-state index is 0.0277. The number of carbonyl (C=O) groups is 2. The van der Waals surface area contributed by atoms with Crippen LogP contribution < -0.4 is 26.0 Å². The number of aldehydes is 2. The quantitative estimate of drug-likeness (QED) is 0.0925. The average molecular weight is 720 g/mol. The summed E-state index contributed by atoms with van der Waals surface area (Å²) in [5.41, 5.74) is 4.59. The van der Waals surface area contributed by atoms with Crippen molar-refractivity contribution in [3.63, 3.8) is 0 Å². The molecule has 0 amide bonds. The summed E-state index contributed by atoms with van der Waals surface area (Å²) in [5, 5.41) is 15.5. The average Bonchev–Trinajstić information content (AvgIpc) is 3.07. The second kappa shape index (κ2) is 20.5. The summed E-state index contributed by atoms with van der Waals surface area (Å²) in [6.45, 7) is 5.16. The van der Waals surface area contributed by atoms with Crippen molar-refractivity contribution in [2.45, 2.75) is 56.9 Å². The lowest BCUT2D eigenvalue weighted by Gasteiger charge is -2.41. The fourth-order valence-corrected chi connectivity index (χ4v) is 7.73. The zero-order chi connectivity index (χ0) is 35.0. The number of aromatic nitrogens is 2. The molecular formula is C32H47F2N11O2S2. The van der Waals surface area contributed by atoms with Gasteiger partial charge in [-0.2, -0.15) is 9.52 Å². The number of nitrogens with zero attached hydrogens (tertiary/aromatic N) is 8. The summed E-state index contributed by atoms with van der Waals surface area (Å²) in [6.07, 6.45) is 5.56. The number of alkyl halides is 2. The number of rotatable bonds is 13. The highest BCUT2D eigenvalue weighted by atomic mass is 32.2. The van der Waals surface area contributed by atoms with Crippen LogP contribution in [0, 0.1) is 5.92 Å². The number of carbonyl (C=O) groups excluding carboxylic acids is 2. The molecule has 0 spiro atoms. The van der Waals surface area contributed by atoms with Crippen LogP contribution in [-0.4, -0.2) is 109 Å². The van der Waals surface area contributed by atoms with Gasteiger partial charge in [-0.25, -0.2) is 18.7 Å². The minimum atomic E-state index is -0.730. The van der Waals surface area contributed by atoms with Gasteiger partial charge < -0.3 is 30.0 Å². The molecule has 17 heteroatoms. The maximum atomic E-state index is 12.6. The lowest BCUT2D eigenvalue weighted by molar-refractivity contribution is -0.108. The molecule has 2 aromatic rings. The van der Waals surface area contributed by atoms with Crippen LogP contribution in [0.15, 0.2) is 51.1 Å². The molecule has 4 aliphatic rings. The Hall–Kier alpha value is -3.22. The van der Waals surface area contributed by atoms with Crippen molar-refractivity contribution in [3.05, 3.63) is 47.8 Å². The molecule has 0 bridgehead atoms. The third-order valence-electron chi connectivity index (χ3n) is 8.10. The zero-order valence-electron chi connectivity index (χ0n) is 28.1. The van der Waals surface area contributed by atoms with Crippen molar-refractivity contribution >= 4 is 58.6 Å². The number of pyridine rings is 2. The van der Waals surface area contributed by atoms with Crippen LogP contribution in [0.2, 0.25) is 0 Å². The Morgan fingerprint density at radius 2 is 1.57 bits per heavy atom. The number of anilines is 2. The van der Waals surface area contributed by atoms with E-state index >= 15 is 0 Å². The molecule has 5 heterocycles. The first-order valence-electron chi connectivity index (χ1n) is 16.4. The van der Waals surface area contributed by atoms with E-state index in [0.717, 1.165) is 58.8 Å². The molecule has 2 saturated heterocycles. The van der Waals surface area contributed by atoms with Gasteiger partial charge in [-0.15, -0.1) is 15.1 Å². The van der Waals surface area contributed by atoms with Crippen molar-refractivity contribution in [3.8, 4) is 0 Å². The number of thioether (sulfide) groups is 1. The first-order valence-corrected chi connectivity index (χ1v) is 18.7. The Morgan fingerprint density at radius 3 is 2.02 bits per heavy atom. The Labute approximate surface area is 294 Å². The van der Waals surface area contributed by atoms with E-state index in [0.29, 0.717) is 51.0 Å². The van der Waals surface area contributed by atoms with Crippen molar-refractivity contribution in [1.29, 1.82) is 0 Å². The molecule has 1 aliphatic carbocycles. The van der Waals surface area contributed by atoms with Gasteiger partial charge in [-0.3, -0.25) is 0 Å². The van der Waals surface area contributed by atoms with E-state index < -0.39 is 12.3 Å². The normalized spacial score (nSPS) is 22.5. The van der Waals surface area contributed by atoms with E-state index in [-0.39, 0.29) is 10.9 Å². The first kappa shape index (κ1) is 38.6. The number of halogens is 2. The maximum Gasteiger partial charge on any atom is 0.135 e. The highest BCUT2D eigenvalue weighted by Crippen LogP contribution is 2.33. The topological polar surface area (TPSA) is 143 Å². The van der Waals surface area contributed by atoms with E-state index in [4.69, 9.17) is 0 Å². The smallest absolute Gasteiger partial charge is 0.135 e. The third kappa shape index (κ3) is 11.7. The highest BCUT2D eigenvalue weighted by Gasteiger charge is 2.34. The SMILES string of the molecule is C=N/N=C(\SCNC)C1CCC[C@H](N2NN=S2CNC)C1.O=CCc1cccc(N2CC(F)C2)n1.O=CCc1cccc(N2CC(F)C2)n1. The summed E-state index contributed by atoms with van der Waals surface area (Å²) < 4.78 is 31.8. The zero-order valence-corrected chi connectivity index (χ0v) is 29.7. The van der Waals surface area contributed by atoms with Crippen LogP contribution >= 0.6 is 11.8 Å². The summed E-state index contributed by atoms with van der Waals surface area (Å²) in [5.74, 6) is 3.78. The minimum Gasteiger partial charge on any atom is -0.351 e.